The number of nitrogens with zero attached hydrogens (tertiary/aromatic N) is 5. The second-order valence-corrected chi connectivity index (χ2v) is 6.18. The van der Waals surface area contributed by atoms with Gasteiger partial charge in [-0.1, -0.05) is 13.0 Å². The van der Waals surface area contributed by atoms with Crippen molar-refractivity contribution in [2.45, 2.75) is 26.3 Å². The van der Waals surface area contributed by atoms with E-state index < -0.39 is 0 Å². The van der Waals surface area contributed by atoms with Crippen LogP contribution in [-0.2, 0) is 19.4 Å². The van der Waals surface area contributed by atoms with Gasteiger partial charge in [0.15, 0.2) is 17.4 Å². The molecule has 0 aliphatic rings. The van der Waals surface area contributed by atoms with Crippen molar-refractivity contribution in [3.63, 3.8) is 0 Å². The van der Waals surface area contributed by atoms with Gasteiger partial charge in [0, 0.05) is 31.6 Å². The van der Waals surface area contributed by atoms with E-state index in [0.717, 1.165) is 42.5 Å². The number of halogens is 1. The Balaban J connectivity index is 0.00000225. The zero-order valence-electron chi connectivity index (χ0n) is 14.3. The highest BCUT2D eigenvalue weighted by molar-refractivity contribution is 14.0. The summed E-state index contributed by atoms with van der Waals surface area (Å²) in [5.74, 6) is 1.59. The number of aromatic nitrogens is 4. The Hall–Kier alpha value is -1.75. The maximum Gasteiger partial charge on any atom is 0.191 e. The van der Waals surface area contributed by atoms with Gasteiger partial charge < -0.3 is 10.6 Å². The Labute approximate surface area is 168 Å². The molecule has 3 heterocycles. The molecule has 0 saturated heterocycles. The summed E-state index contributed by atoms with van der Waals surface area (Å²) in [5, 5.41) is 18.2. The van der Waals surface area contributed by atoms with Gasteiger partial charge in [-0.05, 0) is 18.6 Å². The van der Waals surface area contributed by atoms with Gasteiger partial charge in [-0.15, -0.1) is 45.5 Å². The normalized spacial score (nSPS) is 11.4. The first-order valence-electron chi connectivity index (χ1n) is 7.96. The molecular formula is C16H22IN7S. The summed E-state index contributed by atoms with van der Waals surface area (Å²) in [7, 11) is 1.76. The van der Waals surface area contributed by atoms with Crippen molar-refractivity contribution in [2.24, 2.45) is 4.99 Å². The van der Waals surface area contributed by atoms with Crippen LogP contribution in [-0.4, -0.2) is 39.1 Å². The molecule has 0 spiro atoms. The number of aryl methyl sites for hydroxylation is 1. The number of fused-ring (bicyclic) bond motifs is 1. The summed E-state index contributed by atoms with van der Waals surface area (Å²) in [5.41, 5.74) is 1.97. The van der Waals surface area contributed by atoms with Crippen LogP contribution in [0.25, 0.3) is 5.65 Å². The van der Waals surface area contributed by atoms with Gasteiger partial charge in [-0.3, -0.25) is 9.39 Å². The van der Waals surface area contributed by atoms with Gasteiger partial charge >= 0.3 is 0 Å². The number of pyridine rings is 1. The fourth-order valence-corrected chi connectivity index (χ4v) is 3.11. The molecule has 0 aliphatic carbocycles. The summed E-state index contributed by atoms with van der Waals surface area (Å²) >= 11 is 1.72. The number of thiazole rings is 1. The minimum atomic E-state index is 0. The molecule has 0 aromatic carbocycles. The molecule has 2 N–H and O–H groups in total. The standard InChI is InChI=1S/C16H21N7S.HI/c1-3-15-20-12(11-24-15)7-8-18-16(17-2)19-10-14-22-21-13-6-4-5-9-23(13)14;/h4-6,9,11H,3,7-8,10H2,1-2H3,(H2,17,18,19);1H. The zero-order valence-corrected chi connectivity index (χ0v) is 17.4. The van der Waals surface area contributed by atoms with Gasteiger partial charge in [-0.2, -0.15) is 0 Å². The molecule has 3 aromatic rings. The van der Waals surface area contributed by atoms with Gasteiger partial charge in [0.25, 0.3) is 0 Å². The molecular weight excluding hydrogens is 449 g/mol. The predicted molar refractivity (Wildman–Crippen MR) is 112 cm³/mol. The van der Waals surface area contributed by atoms with E-state index in [1.807, 2.05) is 28.8 Å². The average molecular weight is 471 g/mol. The third-order valence-corrected chi connectivity index (χ3v) is 4.64. The molecule has 0 amide bonds. The Kier molecular flexibility index (Phi) is 7.56. The summed E-state index contributed by atoms with van der Waals surface area (Å²) < 4.78 is 1.96. The van der Waals surface area contributed by atoms with Gasteiger partial charge in [0.1, 0.15) is 0 Å². The quantitative estimate of drug-likeness (QED) is 0.328. The fraction of sp³-hybridized carbons (Fsp3) is 0.375. The lowest BCUT2D eigenvalue weighted by Crippen LogP contribution is -2.38. The highest BCUT2D eigenvalue weighted by atomic mass is 127. The Morgan fingerprint density at radius 1 is 1.28 bits per heavy atom. The lowest BCUT2D eigenvalue weighted by molar-refractivity contribution is 0.753. The average Bonchev–Trinajstić information content (AvgIpc) is 3.24. The summed E-state index contributed by atoms with van der Waals surface area (Å²) in [4.78, 5) is 8.81. The monoisotopic (exact) mass is 471 g/mol. The lowest BCUT2D eigenvalue weighted by Gasteiger charge is -2.10. The highest BCUT2D eigenvalue weighted by Crippen LogP contribution is 2.10. The molecule has 25 heavy (non-hydrogen) atoms. The Morgan fingerprint density at radius 3 is 2.92 bits per heavy atom. The first kappa shape index (κ1) is 19.6. The zero-order chi connectivity index (χ0) is 16.8. The van der Waals surface area contributed by atoms with Crippen LogP contribution in [0.2, 0.25) is 0 Å². The maximum absolute atomic E-state index is 4.57. The highest BCUT2D eigenvalue weighted by Gasteiger charge is 2.06. The van der Waals surface area contributed by atoms with Crippen molar-refractivity contribution in [1.29, 1.82) is 0 Å². The molecule has 0 saturated carbocycles. The van der Waals surface area contributed by atoms with Crippen LogP contribution in [0.1, 0.15) is 23.4 Å². The van der Waals surface area contributed by atoms with Gasteiger partial charge in [0.2, 0.25) is 0 Å². The van der Waals surface area contributed by atoms with E-state index in [1.165, 1.54) is 5.01 Å². The number of hydrogen-bond donors (Lipinski definition) is 2. The minimum absolute atomic E-state index is 0. The molecule has 0 unspecified atom stereocenters. The third kappa shape index (κ3) is 5.11. The number of nitrogens with one attached hydrogen (secondary N) is 2. The second-order valence-electron chi connectivity index (χ2n) is 5.23. The summed E-state index contributed by atoms with van der Waals surface area (Å²) in [6, 6.07) is 5.84. The first-order chi connectivity index (χ1) is 11.8. The van der Waals surface area contributed by atoms with Crippen LogP contribution in [0, 0.1) is 0 Å². The summed E-state index contributed by atoms with van der Waals surface area (Å²) in [6.07, 6.45) is 3.83. The smallest absolute Gasteiger partial charge is 0.191 e. The fourth-order valence-electron chi connectivity index (χ4n) is 2.33. The van der Waals surface area contributed by atoms with Crippen molar-refractivity contribution in [3.05, 3.63) is 46.3 Å². The van der Waals surface area contributed by atoms with E-state index in [0.29, 0.717) is 6.54 Å². The number of hydrogen-bond acceptors (Lipinski definition) is 5. The molecule has 0 atom stereocenters. The molecule has 9 heteroatoms. The van der Waals surface area contributed by atoms with Crippen LogP contribution >= 0.6 is 35.3 Å². The number of aliphatic imine (C=N–C) groups is 1. The van der Waals surface area contributed by atoms with Gasteiger partial charge in [-0.25, -0.2) is 4.98 Å². The molecule has 0 aliphatic heterocycles. The largest absolute Gasteiger partial charge is 0.356 e. The van der Waals surface area contributed by atoms with Crippen molar-refractivity contribution in [3.8, 4) is 0 Å². The molecule has 0 radical (unpaired) electrons. The number of rotatable bonds is 6. The maximum atomic E-state index is 4.57. The van der Waals surface area contributed by atoms with Crippen LogP contribution in [0.15, 0.2) is 34.8 Å². The van der Waals surface area contributed by atoms with Crippen molar-refractivity contribution in [1.82, 2.24) is 30.2 Å². The first-order valence-corrected chi connectivity index (χ1v) is 8.84. The van der Waals surface area contributed by atoms with Gasteiger partial charge in [0.05, 0.1) is 17.2 Å². The molecule has 0 bridgehead atoms. The van der Waals surface area contributed by atoms with E-state index in [-0.39, 0.29) is 24.0 Å². The van der Waals surface area contributed by atoms with Crippen LogP contribution in [0.5, 0.6) is 0 Å². The third-order valence-electron chi connectivity index (χ3n) is 3.60. The van der Waals surface area contributed by atoms with Crippen molar-refractivity contribution in [2.75, 3.05) is 13.6 Å². The molecule has 0 fully saturated rings. The Bertz CT molecular complexity index is 827. The van der Waals surface area contributed by atoms with E-state index in [9.17, 15) is 0 Å². The number of guanidine groups is 1. The minimum Gasteiger partial charge on any atom is -0.356 e. The van der Waals surface area contributed by atoms with Crippen LogP contribution in [0.4, 0.5) is 0 Å². The van der Waals surface area contributed by atoms with Crippen LogP contribution < -0.4 is 10.6 Å². The van der Waals surface area contributed by atoms with E-state index in [2.05, 4.69) is 43.1 Å². The second kappa shape index (κ2) is 9.66. The lowest BCUT2D eigenvalue weighted by atomic mass is 10.3. The van der Waals surface area contributed by atoms with E-state index >= 15 is 0 Å². The van der Waals surface area contributed by atoms with Crippen LogP contribution in [0.3, 0.4) is 0 Å². The molecule has 7 nitrogen and oxygen atoms in total. The SMILES string of the molecule is CCc1nc(CCNC(=NC)NCc2nnc3ccccn23)cs1.I. The molecule has 3 aromatic heterocycles. The van der Waals surface area contributed by atoms with Crippen molar-refractivity contribution >= 4 is 46.9 Å². The van der Waals surface area contributed by atoms with E-state index in [1.54, 1.807) is 18.4 Å². The molecule has 134 valence electrons. The molecule has 3 rings (SSSR count). The predicted octanol–water partition coefficient (Wildman–Crippen LogP) is 2.27. The Morgan fingerprint density at radius 2 is 2.16 bits per heavy atom. The van der Waals surface area contributed by atoms with Crippen molar-refractivity contribution < 1.29 is 0 Å². The summed E-state index contributed by atoms with van der Waals surface area (Å²) in [6.45, 7) is 3.47. The van der Waals surface area contributed by atoms with E-state index in [4.69, 9.17) is 0 Å². The topological polar surface area (TPSA) is 79.5 Å².